The van der Waals surface area contributed by atoms with Crippen LogP contribution in [-0.4, -0.2) is 24.8 Å². The molecule has 0 radical (unpaired) electrons. The van der Waals surface area contributed by atoms with Gasteiger partial charge in [-0.1, -0.05) is 28.9 Å². The normalized spacial score (nSPS) is 11.7. The predicted octanol–water partition coefficient (Wildman–Crippen LogP) is 1.98. The summed E-state index contributed by atoms with van der Waals surface area (Å²) in [7, 11) is -3.51. The van der Waals surface area contributed by atoms with Gasteiger partial charge in [0.1, 0.15) is 6.61 Å². The number of hydrogen-bond acceptors (Lipinski definition) is 6. The van der Waals surface area contributed by atoms with Gasteiger partial charge < -0.3 is 4.52 Å². The third-order valence-corrected chi connectivity index (χ3v) is 3.25. The lowest BCUT2D eigenvalue weighted by atomic mass is 10.1. The van der Waals surface area contributed by atoms with Crippen LogP contribution in [0.2, 0.25) is 5.02 Å². The average Bonchev–Trinajstić information content (AvgIpc) is 2.83. The maximum atomic E-state index is 10.8. The first kappa shape index (κ1) is 15.0. The summed E-state index contributed by atoms with van der Waals surface area (Å²) in [4.78, 5) is 4.05. The zero-order chi connectivity index (χ0) is 14.6. The van der Waals surface area contributed by atoms with Crippen molar-refractivity contribution in [1.82, 2.24) is 10.1 Å². The first-order chi connectivity index (χ1) is 9.42. The highest BCUT2D eigenvalue weighted by Crippen LogP contribution is 2.12. The lowest BCUT2D eigenvalue weighted by Gasteiger charge is -1.98. The molecule has 0 aliphatic heterocycles. The molecule has 6 nitrogen and oxygen atoms in total. The van der Waals surface area contributed by atoms with Gasteiger partial charge in [0.15, 0.2) is 5.82 Å². The van der Waals surface area contributed by atoms with Crippen molar-refractivity contribution in [3.05, 3.63) is 46.6 Å². The molecule has 0 N–H and O–H groups in total. The second-order valence-corrected chi connectivity index (χ2v) is 6.28. The van der Waals surface area contributed by atoms with Crippen molar-refractivity contribution in [3.8, 4) is 0 Å². The Hall–Kier alpha value is -1.44. The van der Waals surface area contributed by atoms with Gasteiger partial charge in [0.2, 0.25) is 5.89 Å². The fourth-order valence-corrected chi connectivity index (χ4v) is 1.96. The van der Waals surface area contributed by atoms with E-state index in [1.807, 2.05) is 24.3 Å². The molecule has 0 atom stereocenters. The van der Waals surface area contributed by atoms with Crippen molar-refractivity contribution in [1.29, 1.82) is 0 Å². The second kappa shape index (κ2) is 6.34. The van der Waals surface area contributed by atoms with Gasteiger partial charge in [-0.05, 0) is 24.1 Å². The van der Waals surface area contributed by atoms with Crippen molar-refractivity contribution < 1.29 is 17.1 Å². The highest BCUT2D eigenvalue weighted by Gasteiger charge is 2.10. The molecule has 0 aliphatic carbocycles. The minimum Gasteiger partial charge on any atom is -0.339 e. The first-order valence-corrected chi connectivity index (χ1v) is 8.02. The smallest absolute Gasteiger partial charge is 0.264 e. The Balaban J connectivity index is 1.88. The number of rotatable bonds is 6. The van der Waals surface area contributed by atoms with Crippen LogP contribution in [0.4, 0.5) is 0 Å². The van der Waals surface area contributed by atoms with Crippen LogP contribution in [0.25, 0.3) is 0 Å². The SMILES string of the molecule is CS(=O)(=O)OCc1noc(CCc2ccc(Cl)cc2)n1. The van der Waals surface area contributed by atoms with Crippen LogP contribution in [0.5, 0.6) is 0 Å². The number of hydrogen-bond donors (Lipinski definition) is 0. The lowest BCUT2D eigenvalue weighted by Crippen LogP contribution is -2.03. The van der Waals surface area contributed by atoms with Crippen LogP contribution in [-0.2, 0) is 33.7 Å². The highest BCUT2D eigenvalue weighted by molar-refractivity contribution is 7.85. The molecule has 8 heteroatoms. The van der Waals surface area contributed by atoms with E-state index in [4.69, 9.17) is 16.1 Å². The predicted molar refractivity (Wildman–Crippen MR) is 72.8 cm³/mol. The van der Waals surface area contributed by atoms with E-state index in [2.05, 4.69) is 14.3 Å². The number of halogens is 1. The van der Waals surface area contributed by atoms with Gasteiger partial charge in [-0.2, -0.15) is 13.4 Å². The average molecular weight is 317 g/mol. The van der Waals surface area contributed by atoms with E-state index in [9.17, 15) is 8.42 Å². The molecular formula is C12H13ClN2O4S. The summed E-state index contributed by atoms with van der Waals surface area (Å²) in [6.07, 6.45) is 2.26. The molecule has 0 unspecified atom stereocenters. The first-order valence-electron chi connectivity index (χ1n) is 5.83. The molecule has 2 rings (SSSR count). The molecule has 1 aromatic carbocycles. The van der Waals surface area contributed by atoms with E-state index in [0.29, 0.717) is 17.3 Å². The number of benzene rings is 1. The minimum absolute atomic E-state index is 0.210. The molecule has 1 heterocycles. The Bertz CT molecular complexity index is 667. The van der Waals surface area contributed by atoms with Gasteiger partial charge in [0, 0.05) is 11.4 Å². The van der Waals surface area contributed by atoms with E-state index >= 15 is 0 Å². The Morgan fingerprint density at radius 1 is 1.25 bits per heavy atom. The Labute approximate surface area is 121 Å². The van der Waals surface area contributed by atoms with Crippen molar-refractivity contribution >= 4 is 21.7 Å². The summed E-state index contributed by atoms with van der Waals surface area (Å²) >= 11 is 5.80. The molecular weight excluding hydrogens is 304 g/mol. The molecule has 0 bridgehead atoms. The van der Waals surface area contributed by atoms with Crippen LogP contribution in [0.3, 0.4) is 0 Å². The largest absolute Gasteiger partial charge is 0.339 e. The highest BCUT2D eigenvalue weighted by atomic mass is 35.5. The van der Waals surface area contributed by atoms with E-state index in [1.165, 1.54) is 0 Å². The van der Waals surface area contributed by atoms with E-state index in [-0.39, 0.29) is 12.4 Å². The quantitative estimate of drug-likeness (QED) is 0.758. The molecule has 108 valence electrons. The third kappa shape index (κ3) is 4.92. The number of aromatic nitrogens is 2. The van der Waals surface area contributed by atoms with Crippen LogP contribution >= 0.6 is 11.6 Å². The van der Waals surface area contributed by atoms with Gasteiger partial charge in [0.05, 0.1) is 6.26 Å². The second-order valence-electron chi connectivity index (χ2n) is 4.20. The Kier molecular flexibility index (Phi) is 4.74. The molecule has 1 aromatic heterocycles. The Morgan fingerprint density at radius 2 is 1.95 bits per heavy atom. The number of nitrogens with zero attached hydrogens (tertiary/aromatic N) is 2. The summed E-state index contributed by atoms with van der Waals surface area (Å²) in [5.41, 5.74) is 1.10. The van der Waals surface area contributed by atoms with Gasteiger partial charge in [-0.3, -0.25) is 4.18 Å². The van der Waals surface area contributed by atoms with E-state index in [1.54, 1.807) is 0 Å². The summed E-state index contributed by atoms with van der Waals surface area (Å²) in [6.45, 7) is -0.219. The Morgan fingerprint density at radius 3 is 2.60 bits per heavy atom. The van der Waals surface area contributed by atoms with Crippen molar-refractivity contribution in [2.75, 3.05) is 6.26 Å². The van der Waals surface area contributed by atoms with Gasteiger partial charge in [-0.15, -0.1) is 0 Å². The fraction of sp³-hybridized carbons (Fsp3) is 0.333. The molecule has 0 spiro atoms. The fourth-order valence-electron chi connectivity index (χ4n) is 1.51. The summed E-state index contributed by atoms with van der Waals surface area (Å²) in [5, 5.41) is 4.34. The molecule has 2 aromatic rings. The maximum absolute atomic E-state index is 10.8. The summed E-state index contributed by atoms with van der Waals surface area (Å²) < 4.78 is 31.3. The van der Waals surface area contributed by atoms with Crippen molar-refractivity contribution in [2.45, 2.75) is 19.4 Å². The molecule has 0 saturated heterocycles. The molecule has 0 amide bonds. The van der Waals surface area contributed by atoms with Crippen molar-refractivity contribution in [3.63, 3.8) is 0 Å². The summed E-state index contributed by atoms with van der Waals surface area (Å²) in [6, 6.07) is 7.48. The maximum Gasteiger partial charge on any atom is 0.264 e. The van der Waals surface area contributed by atoms with Gasteiger partial charge in [0.25, 0.3) is 10.1 Å². The van der Waals surface area contributed by atoms with Crippen LogP contribution in [0, 0.1) is 0 Å². The third-order valence-electron chi connectivity index (χ3n) is 2.45. The standard InChI is InChI=1S/C12H13ClN2O4S/c1-20(16,17)18-8-11-14-12(19-15-11)7-4-9-2-5-10(13)6-3-9/h2-3,5-6H,4,7-8H2,1H3. The van der Waals surface area contributed by atoms with Gasteiger partial charge in [-0.25, -0.2) is 0 Å². The van der Waals surface area contributed by atoms with E-state index < -0.39 is 10.1 Å². The zero-order valence-electron chi connectivity index (χ0n) is 10.7. The lowest BCUT2D eigenvalue weighted by molar-refractivity contribution is 0.291. The minimum atomic E-state index is -3.51. The number of aryl methyl sites for hydroxylation is 2. The van der Waals surface area contributed by atoms with Crippen LogP contribution in [0.1, 0.15) is 17.3 Å². The zero-order valence-corrected chi connectivity index (χ0v) is 12.3. The monoisotopic (exact) mass is 316 g/mol. The van der Waals surface area contributed by atoms with E-state index in [0.717, 1.165) is 18.2 Å². The topological polar surface area (TPSA) is 82.3 Å². The van der Waals surface area contributed by atoms with Crippen LogP contribution in [0.15, 0.2) is 28.8 Å². The molecule has 0 saturated carbocycles. The summed E-state index contributed by atoms with van der Waals surface area (Å²) in [5.74, 6) is 0.647. The molecule has 0 fully saturated rings. The molecule has 20 heavy (non-hydrogen) atoms. The van der Waals surface area contributed by atoms with Crippen molar-refractivity contribution in [2.24, 2.45) is 0 Å². The molecule has 0 aliphatic rings. The van der Waals surface area contributed by atoms with Gasteiger partial charge >= 0.3 is 0 Å². The van der Waals surface area contributed by atoms with Crippen LogP contribution < -0.4 is 0 Å².